The van der Waals surface area contributed by atoms with Crippen molar-refractivity contribution in [3.63, 3.8) is 0 Å². The second kappa shape index (κ2) is 4.49. The fraction of sp³-hybridized carbons (Fsp3) is 0.273. The molecule has 94 valence electrons. The highest BCUT2D eigenvalue weighted by Gasteiger charge is 2.43. The molecule has 0 radical (unpaired) electrons. The molecule has 1 fully saturated rings. The Hall–Kier alpha value is -1.76. The van der Waals surface area contributed by atoms with Gasteiger partial charge >= 0.3 is 0 Å². The highest BCUT2D eigenvalue weighted by Crippen LogP contribution is 2.35. The third-order valence-electron chi connectivity index (χ3n) is 2.79. The molecule has 0 spiro atoms. The third-order valence-corrected chi connectivity index (χ3v) is 3.73. The summed E-state index contributed by atoms with van der Waals surface area (Å²) in [7, 11) is 0. The summed E-state index contributed by atoms with van der Waals surface area (Å²) in [6.45, 7) is 1.72. The highest BCUT2D eigenvalue weighted by molar-refractivity contribution is 9.10. The number of nitrogens with one attached hydrogen (secondary N) is 1. The van der Waals surface area contributed by atoms with Crippen LogP contribution in [0.2, 0.25) is 0 Å². The lowest BCUT2D eigenvalue weighted by Gasteiger charge is -2.11. The van der Waals surface area contributed by atoms with Crippen LogP contribution in [-0.4, -0.2) is 21.6 Å². The van der Waals surface area contributed by atoms with E-state index < -0.39 is 27.5 Å². The molecule has 2 rings (SSSR count). The summed E-state index contributed by atoms with van der Waals surface area (Å²) in [6.07, 6.45) is 0. The van der Waals surface area contributed by atoms with Gasteiger partial charge in [-0.15, -0.1) is 0 Å². The Morgan fingerprint density at radius 1 is 1.33 bits per heavy atom. The topological polar surface area (TPSA) is 89.3 Å². The Labute approximate surface area is 111 Å². The maximum atomic E-state index is 11.7. The fourth-order valence-electron chi connectivity index (χ4n) is 1.93. The first kappa shape index (κ1) is 12.7. The highest BCUT2D eigenvalue weighted by atomic mass is 79.9. The quantitative estimate of drug-likeness (QED) is 0.387. The average molecular weight is 313 g/mol. The number of rotatable bonds is 2. The van der Waals surface area contributed by atoms with E-state index in [1.807, 2.05) is 0 Å². The van der Waals surface area contributed by atoms with Crippen molar-refractivity contribution in [3.8, 4) is 0 Å². The lowest BCUT2D eigenvalue weighted by molar-refractivity contribution is -0.385. The molecule has 18 heavy (non-hydrogen) atoms. The van der Waals surface area contributed by atoms with Gasteiger partial charge in [-0.3, -0.25) is 25.0 Å². The summed E-state index contributed by atoms with van der Waals surface area (Å²) in [5, 5.41) is 13.1. The number of carbonyl (C=O) groups is 2. The third kappa shape index (κ3) is 2.01. The van der Waals surface area contributed by atoms with E-state index in [-0.39, 0.29) is 11.3 Å². The smallest absolute Gasteiger partial charge is 0.273 e. The number of nitrogens with zero attached hydrogens (tertiary/aromatic N) is 1. The number of amides is 2. The van der Waals surface area contributed by atoms with E-state index in [1.54, 1.807) is 13.0 Å². The van der Waals surface area contributed by atoms with Gasteiger partial charge < -0.3 is 0 Å². The van der Waals surface area contributed by atoms with Crippen LogP contribution < -0.4 is 5.32 Å². The number of aryl methyl sites for hydroxylation is 1. The van der Waals surface area contributed by atoms with E-state index in [1.165, 1.54) is 12.1 Å². The molecule has 1 aliphatic rings. The lowest BCUT2D eigenvalue weighted by Crippen LogP contribution is -2.22. The Morgan fingerprint density at radius 3 is 2.50 bits per heavy atom. The molecule has 0 saturated carbocycles. The SMILES string of the molecule is Cc1ccc(C2C(=O)NC(=O)C2Br)c([N+](=O)[O-])c1. The predicted molar refractivity (Wildman–Crippen MR) is 66.4 cm³/mol. The molecule has 0 aliphatic carbocycles. The normalized spacial score (nSPS) is 23.0. The molecule has 6 nitrogen and oxygen atoms in total. The molecule has 2 amide bonds. The summed E-state index contributed by atoms with van der Waals surface area (Å²) in [5.41, 5.74) is 0.825. The molecule has 7 heteroatoms. The Kier molecular flexibility index (Phi) is 3.16. The molecule has 0 bridgehead atoms. The average Bonchev–Trinajstić information content (AvgIpc) is 2.54. The van der Waals surface area contributed by atoms with Crippen LogP contribution in [0.5, 0.6) is 0 Å². The van der Waals surface area contributed by atoms with Crippen LogP contribution in [0.3, 0.4) is 0 Å². The maximum Gasteiger partial charge on any atom is 0.273 e. The van der Waals surface area contributed by atoms with E-state index in [2.05, 4.69) is 21.2 Å². The minimum atomic E-state index is -0.862. The minimum absolute atomic E-state index is 0.144. The number of imide groups is 1. The Balaban J connectivity index is 2.54. The molecule has 2 atom stereocenters. The van der Waals surface area contributed by atoms with Crippen molar-refractivity contribution >= 4 is 33.4 Å². The standard InChI is InChI=1S/C11H9BrN2O4/c1-5-2-3-6(7(4-5)14(17)18)8-9(12)11(16)13-10(8)15/h2-4,8-9H,1H3,(H,13,15,16). The van der Waals surface area contributed by atoms with E-state index >= 15 is 0 Å². The number of nitro benzene ring substituents is 1. The van der Waals surface area contributed by atoms with Crippen LogP contribution in [0.25, 0.3) is 0 Å². The maximum absolute atomic E-state index is 11.7. The fourth-order valence-corrected chi connectivity index (χ4v) is 2.57. The summed E-state index contributed by atoms with van der Waals surface area (Å²) < 4.78 is 0. The number of carbonyl (C=O) groups excluding carboxylic acids is 2. The van der Waals surface area contributed by atoms with Gasteiger partial charge in [-0.2, -0.15) is 0 Å². The van der Waals surface area contributed by atoms with E-state index in [0.29, 0.717) is 0 Å². The van der Waals surface area contributed by atoms with Crippen LogP contribution >= 0.6 is 15.9 Å². The van der Waals surface area contributed by atoms with Gasteiger partial charge in [0.25, 0.3) is 5.69 Å². The molecule has 0 aromatic heterocycles. The summed E-state index contributed by atoms with van der Waals surface area (Å²) >= 11 is 3.09. The summed E-state index contributed by atoms with van der Waals surface area (Å²) in [5.74, 6) is -1.85. The van der Waals surface area contributed by atoms with Gasteiger partial charge in [-0.1, -0.05) is 28.1 Å². The van der Waals surface area contributed by atoms with Gasteiger partial charge in [0.2, 0.25) is 11.8 Å². The number of halogens is 1. The zero-order valence-corrected chi connectivity index (χ0v) is 10.9. The molecular formula is C11H9BrN2O4. The van der Waals surface area contributed by atoms with Crippen molar-refractivity contribution in [2.45, 2.75) is 17.7 Å². The lowest BCUT2D eigenvalue weighted by atomic mass is 9.94. The van der Waals surface area contributed by atoms with Crippen molar-refractivity contribution in [1.82, 2.24) is 5.32 Å². The molecule has 1 saturated heterocycles. The van der Waals surface area contributed by atoms with E-state index in [0.717, 1.165) is 5.56 Å². The number of hydrogen-bond acceptors (Lipinski definition) is 4. The molecule has 2 unspecified atom stereocenters. The Morgan fingerprint density at radius 2 is 2.00 bits per heavy atom. The van der Waals surface area contributed by atoms with Crippen molar-refractivity contribution in [2.75, 3.05) is 0 Å². The largest absolute Gasteiger partial charge is 0.295 e. The minimum Gasteiger partial charge on any atom is -0.295 e. The van der Waals surface area contributed by atoms with Crippen molar-refractivity contribution in [2.24, 2.45) is 0 Å². The van der Waals surface area contributed by atoms with Gasteiger partial charge in [0.1, 0.15) is 4.83 Å². The predicted octanol–water partition coefficient (Wildman–Crippen LogP) is 1.41. The van der Waals surface area contributed by atoms with E-state index in [9.17, 15) is 19.7 Å². The van der Waals surface area contributed by atoms with Gasteiger partial charge in [0.05, 0.1) is 10.8 Å². The molecule has 1 aliphatic heterocycles. The first-order valence-electron chi connectivity index (χ1n) is 5.15. The summed E-state index contributed by atoms with van der Waals surface area (Å²) in [6, 6.07) is 4.59. The molecular weight excluding hydrogens is 304 g/mol. The molecule has 1 N–H and O–H groups in total. The van der Waals surface area contributed by atoms with Crippen molar-refractivity contribution in [1.29, 1.82) is 0 Å². The van der Waals surface area contributed by atoms with Gasteiger partial charge in [0, 0.05) is 11.6 Å². The number of hydrogen-bond donors (Lipinski definition) is 1. The van der Waals surface area contributed by atoms with Gasteiger partial charge in [0.15, 0.2) is 0 Å². The van der Waals surface area contributed by atoms with Crippen LogP contribution in [0.15, 0.2) is 18.2 Å². The van der Waals surface area contributed by atoms with Crippen LogP contribution in [0.1, 0.15) is 17.0 Å². The second-order valence-corrected chi connectivity index (χ2v) is 5.04. The van der Waals surface area contributed by atoms with Crippen LogP contribution in [0, 0.1) is 17.0 Å². The zero-order valence-electron chi connectivity index (χ0n) is 9.34. The first-order chi connectivity index (χ1) is 8.41. The van der Waals surface area contributed by atoms with Crippen molar-refractivity contribution < 1.29 is 14.5 Å². The van der Waals surface area contributed by atoms with Gasteiger partial charge in [-0.25, -0.2) is 0 Å². The summed E-state index contributed by atoms with van der Waals surface area (Å²) in [4.78, 5) is 32.7. The Bertz CT molecular complexity index is 558. The second-order valence-electron chi connectivity index (χ2n) is 4.05. The van der Waals surface area contributed by atoms with Crippen molar-refractivity contribution in [3.05, 3.63) is 39.4 Å². The van der Waals surface area contributed by atoms with Gasteiger partial charge in [-0.05, 0) is 12.5 Å². The first-order valence-corrected chi connectivity index (χ1v) is 6.07. The monoisotopic (exact) mass is 312 g/mol. The van der Waals surface area contributed by atoms with Crippen LogP contribution in [-0.2, 0) is 9.59 Å². The van der Waals surface area contributed by atoms with Crippen LogP contribution in [0.4, 0.5) is 5.69 Å². The molecule has 1 aromatic rings. The number of nitro groups is 1. The van der Waals surface area contributed by atoms with E-state index in [4.69, 9.17) is 0 Å². The number of benzene rings is 1. The molecule has 1 aromatic carbocycles. The zero-order chi connectivity index (χ0) is 13.4. The molecule has 1 heterocycles. The number of alkyl halides is 1.